The molecule has 52 heavy (non-hydrogen) atoms. The van der Waals surface area contributed by atoms with E-state index in [-0.39, 0.29) is 19.4 Å². The second-order valence-electron chi connectivity index (χ2n) is 13.9. The number of carbonyl (C=O) groups is 2. The summed E-state index contributed by atoms with van der Waals surface area (Å²) in [6.07, 6.45) is 47.0. The first-order valence-corrected chi connectivity index (χ1v) is 22.5. The lowest BCUT2D eigenvalue weighted by molar-refractivity contribution is -0.161. The molecular weight excluding hydrogens is 675 g/mol. The number of hydrogen-bond donors (Lipinski definition) is 2. The average molecular weight is 753 g/mol. The van der Waals surface area contributed by atoms with Crippen molar-refractivity contribution >= 4 is 19.8 Å². The van der Waals surface area contributed by atoms with E-state index in [9.17, 15) is 14.2 Å². The zero-order valence-corrected chi connectivity index (χ0v) is 34.1. The van der Waals surface area contributed by atoms with Crippen LogP contribution in [0, 0.1) is 0 Å². The van der Waals surface area contributed by atoms with E-state index in [0.29, 0.717) is 6.42 Å². The van der Waals surface area contributed by atoms with E-state index >= 15 is 0 Å². The Kier molecular flexibility index (Phi) is 37.2. The van der Waals surface area contributed by atoms with Crippen LogP contribution in [0.3, 0.4) is 0 Å². The first-order chi connectivity index (χ1) is 25.3. The highest BCUT2D eigenvalue weighted by Crippen LogP contribution is 2.36. The molecule has 302 valence electrons. The SMILES string of the molecule is CC/C=C/C/C=C/C/C=C/C/C=C/CCCCC(=O)O[C@H](COC(=O)CCCCCCCCCCCCCCCCCCCCC)COP(=O)(O)O. The summed E-state index contributed by atoms with van der Waals surface area (Å²) in [6, 6.07) is 0. The predicted molar refractivity (Wildman–Crippen MR) is 216 cm³/mol. The van der Waals surface area contributed by atoms with Crippen LogP contribution < -0.4 is 0 Å². The molecule has 0 aromatic rings. The molecular formula is C43H77O8P. The molecule has 0 heterocycles. The van der Waals surface area contributed by atoms with Crippen LogP contribution in [0.2, 0.25) is 0 Å². The van der Waals surface area contributed by atoms with Crippen molar-refractivity contribution in [1.82, 2.24) is 0 Å². The number of esters is 2. The summed E-state index contributed by atoms with van der Waals surface area (Å²) < 4.78 is 26.3. The van der Waals surface area contributed by atoms with Crippen LogP contribution in [-0.4, -0.2) is 41.0 Å². The standard InChI is InChI=1S/C43H77O8P/c1-3-5-7-9-11-13-15-17-19-20-21-22-24-25-27-29-31-33-35-37-42(44)49-39-41(40-50-52(46,47)48)51-43(45)38-36-34-32-30-28-26-23-18-16-14-12-10-8-6-4-2/h6,8,12,14,18,23,28,30,41H,3-5,7,9-11,13,15-17,19-22,24-27,29,31-40H2,1-2H3,(H2,46,47,48)/b8-6+,14-12+,23-18+,30-28+/t41-/m1/s1. The maximum Gasteiger partial charge on any atom is 0.469 e. The number of ether oxygens (including phenoxy) is 2. The van der Waals surface area contributed by atoms with Crippen LogP contribution in [0.25, 0.3) is 0 Å². The molecule has 0 spiro atoms. The first kappa shape index (κ1) is 50.0. The lowest BCUT2D eigenvalue weighted by atomic mass is 10.0. The molecule has 2 N–H and O–H groups in total. The van der Waals surface area contributed by atoms with Crippen molar-refractivity contribution < 1.29 is 37.9 Å². The van der Waals surface area contributed by atoms with Gasteiger partial charge in [-0.25, -0.2) is 4.57 Å². The van der Waals surface area contributed by atoms with Gasteiger partial charge in [0.25, 0.3) is 0 Å². The number of carbonyl (C=O) groups excluding carboxylic acids is 2. The van der Waals surface area contributed by atoms with Gasteiger partial charge in [0.15, 0.2) is 6.10 Å². The van der Waals surface area contributed by atoms with Gasteiger partial charge < -0.3 is 19.3 Å². The molecule has 0 aliphatic heterocycles. The van der Waals surface area contributed by atoms with Crippen molar-refractivity contribution in [3.05, 3.63) is 48.6 Å². The van der Waals surface area contributed by atoms with Gasteiger partial charge in [-0.1, -0.05) is 178 Å². The van der Waals surface area contributed by atoms with Gasteiger partial charge in [0.1, 0.15) is 6.61 Å². The molecule has 1 atom stereocenters. The molecule has 0 rings (SSSR count). The van der Waals surface area contributed by atoms with Crippen LogP contribution in [0.15, 0.2) is 48.6 Å². The molecule has 0 aliphatic rings. The molecule has 9 heteroatoms. The monoisotopic (exact) mass is 753 g/mol. The third-order valence-electron chi connectivity index (χ3n) is 8.86. The molecule has 0 unspecified atom stereocenters. The summed E-state index contributed by atoms with van der Waals surface area (Å²) in [5.41, 5.74) is 0. The number of hydrogen-bond acceptors (Lipinski definition) is 6. The van der Waals surface area contributed by atoms with Gasteiger partial charge in [-0.2, -0.15) is 0 Å². The lowest BCUT2D eigenvalue weighted by Gasteiger charge is -2.18. The fraction of sp³-hybridized carbons (Fsp3) is 0.767. The molecule has 0 aliphatic carbocycles. The number of unbranched alkanes of at least 4 members (excludes halogenated alkanes) is 20. The minimum absolute atomic E-state index is 0.160. The van der Waals surface area contributed by atoms with Gasteiger partial charge in [0.05, 0.1) is 6.61 Å². The minimum atomic E-state index is -4.76. The highest BCUT2D eigenvalue weighted by Gasteiger charge is 2.22. The van der Waals surface area contributed by atoms with Gasteiger partial charge in [-0.15, -0.1) is 0 Å². The van der Waals surface area contributed by atoms with Crippen molar-refractivity contribution in [2.24, 2.45) is 0 Å². The molecule has 0 aromatic heterocycles. The summed E-state index contributed by atoms with van der Waals surface area (Å²) in [5, 5.41) is 0. The van der Waals surface area contributed by atoms with E-state index in [4.69, 9.17) is 19.3 Å². The van der Waals surface area contributed by atoms with Crippen LogP contribution in [0.5, 0.6) is 0 Å². The summed E-state index contributed by atoms with van der Waals surface area (Å²) in [7, 11) is -4.76. The second kappa shape index (κ2) is 38.7. The predicted octanol–water partition coefficient (Wildman–Crippen LogP) is 12.7. The second-order valence-corrected chi connectivity index (χ2v) is 15.2. The Morgan fingerprint density at radius 1 is 0.519 bits per heavy atom. The molecule has 0 bridgehead atoms. The maximum atomic E-state index is 12.4. The third kappa shape index (κ3) is 40.8. The van der Waals surface area contributed by atoms with Crippen LogP contribution in [-0.2, 0) is 28.2 Å². The first-order valence-electron chi connectivity index (χ1n) is 20.9. The molecule has 0 fully saturated rings. The van der Waals surface area contributed by atoms with Gasteiger partial charge in [-0.05, 0) is 51.4 Å². The van der Waals surface area contributed by atoms with Crippen molar-refractivity contribution in [3.8, 4) is 0 Å². The van der Waals surface area contributed by atoms with E-state index in [2.05, 4.69) is 67.0 Å². The Hall–Kier alpha value is -1.99. The fourth-order valence-corrected chi connectivity index (χ4v) is 6.14. The summed E-state index contributed by atoms with van der Waals surface area (Å²) in [6.45, 7) is 3.55. The lowest BCUT2D eigenvalue weighted by Crippen LogP contribution is -2.29. The van der Waals surface area contributed by atoms with Crippen molar-refractivity contribution in [2.45, 2.75) is 200 Å². The zero-order valence-electron chi connectivity index (χ0n) is 33.2. The summed E-state index contributed by atoms with van der Waals surface area (Å²) >= 11 is 0. The molecule has 0 saturated carbocycles. The number of phosphoric ester groups is 1. The molecule has 0 saturated heterocycles. The zero-order chi connectivity index (χ0) is 38.2. The Labute approximate surface area is 318 Å². The Balaban J connectivity index is 3.94. The van der Waals surface area contributed by atoms with Crippen molar-refractivity contribution in [2.75, 3.05) is 13.2 Å². The number of rotatable bonds is 38. The van der Waals surface area contributed by atoms with E-state index in [1.54, 1.807) is 0 Å². The Bertz CT molecular complexity index is 984. The highest BCUT2D eigenvalue weighted by molar-refractivity contribution is 7.46. The van der Waals surface area contributed by atoms with Crippen molar-refractivity contribution in [3.63, 3.8) is 0 Å². The van der Waals surface area contributed by atoms with Gasteiger partial charge >= 0.3 is 19.8 Å². The maximum absolute atomic E-state index is 12.4. The molecule has 8 nitrogen and oxygen atoms in total. The van der Waals surface area contributed by atoms with Crippen LogP contribution >= 0.6 is 7.82 Å². The molecule has 0 aromatic carbocycles. The van der Waals surface area contributed by atoms with Gasteiger partial charge in [-0.3, -0.25) is 14.1 Å². The largest absolute Gasteiger partial charge is 0.469 e. The van der Waals surface area contributed by atoms with Crippen LogP contribution in [0.4, 0.5) is 0 Å². The summed E-state index contributed by atoms with van der Waals surface area (Å²) in [5.74, 6) is -0.929. The smallest absolute Gasteiger partial charge is 0.462 e. The molecule has 0 amide bonds. The quantitative estimate of drug-likeness (QED) is 0.0277. The van der Waals surface area contributed by atoms with Crippen LogP contribution in [0.1, 0.15) is 194 Å². The highest BCUT2D eigenvalue weighted by atomic mass is 31.2. The average Bonchev–Trinajstić information content (AvgIpc) is 3.11. The minimum Gasteiger partial charge on any atom is -0.462 e. The van der Waals surface area contributed by atoms with Gasteiger partial charge in [0, 0.05) is 12.8 Å². The number of phosphoric acid groups is 1. The third-order valence-corrected chi connectivity index (χ3v) is 9.35. The van der Waals surface area contributed by atoms with E-state index < -0.39 is 32.5 Å². The van der Waals surface area contributed by atoms with Gasteiger partial charge in [0.2, 0.25) is 0 Å². The summed E-state index contributed by atoms with van der Waals surface area (Å²) in [4.78, 5) is 42.8. The van der Waals surface area contributed by atoms with E-state index in [0.717, 1.165) is 57.8 Å². The normalized spacial score (nSPS) is 12.9. The Morgan fingerprint density at radius 3 is 1.38 bits per heavy atom. The van der Waals surface area contributed by atoms with Crippen molar-refractivity contribution in [1.29, 1.82) is 0 Å². The number of allylic oxidation sites excluding steroid dienone is 8. The topological polar surface area (TPSA) is 119 Å². The Morgan fingerprint density at radius 2 is 0.923 bits per heavy atom. The molecule has 0 radical (unpaired) electrons. The van der Waals surface area contributed by atoms with E-state index in [1.165, 1.54) is 103 Å². The fourth-order valence-electron chi connectivity index (χ4n) is 5.78. The van der Waals surface area contributed by atoms with E-state index in [1.807, 2.05) is 0 Å².